The van der Waals surface area contributed by atoms with E-state index in [4.69, 9.17) is 11.6 Å². The van der Waals surface area contributed by atoms with Crippen LogP contribution in [0.15, 0.2) is 18.2 Å². The summed E-state index contributed by atoms with van der Waals surface area (Å²) in [6, 6.07) is 5.79. The first kappa shape index (κ1) is 11.3. The zero-order valence-electron chi connectivity index (χ0n) is 9.22. The van der Waals surface area contributed by atoms with Crippen LogP contribution in [0.3, 0.4) is 0 Å². The van der Waals surface area contributed by atoms with Gasteiger partial charge in [0.25, 0.3) is 0 Å². The maximum Gasteiger partial charge on any atom is 0.314 e. The van der Waals surface area contributed by atoms with E-state index in [0.717, 1.165) is 10.6 Å². The zero-order chi connectivity index (χ0) is 11.5. The van der Waals surface area contributed by atoms with Crippen LogP contribution in [-0.4, -0.2) is 13.1 Å². The van der Waals surface area contributed by atoms with Crippen molar-refractivity contribution in [2.45, 2.75) is 25.3 Å². The quantitative estimate of drug-likeness (QED) is 0.835. The fourth-order valence-electron chi connectivity index (χ4n) is 1.68. The van der Waals surface area contributed by atoms with Gasteiger partial charge in [0.2, 0.25) is 0 Å². The second kappa shape index (κ2) is 4.74. The largest absolute Gasteiger partial charge is 0.341 e. The van der Waals surface area contributed by atoms with E-state index >= 15 is 0 Å². The summed E-state index contributed by atoms with van der Waals surface area (Å²) in [6.07, 6.45) is 2.46. The van der Waals surface area contributed by atoms with Gasteiger partial charge in [0.15, 0.2) is 0 Å². The minimum absolute atomic E-state index is 0.164. The fourth-order valence-corrected chi connectivity index (χ4v) is 1.95. The standard InChI is InChI=1S/C12H15ClN2O/c1-14-12(16)15-7-8-2-5-11(13)10(6-8)9-3-4-9/h2,5-6,9H,3-4,7H2,1H3,(H2,14,15,16). The first-order valence-corrected chi connectivity index (χ1v) is 5.82. The van der Waals surface area contributed by atoms with Crippen LogP contribution in [0.1, 0.15) is 29.9 Å². The Balaban J connectivity index is 2.04. The molecule has 86 valence electrons. The second-order valence-corrected chi connectivity index (χ2v) is 4.47. The molecule has 0 bridgehead atoms. The number of urea groups is 1. The van der Waals surface area contributed by atoms with Gasteiger partial charge < -0.3 is 10.6 Å². The van der Waals surface area contributed by atoms with E-state index in [9.17, 15) is 4.79 Å². The van der Waals surface area contributed by atoms with Crippen molar-refractivity contribution >= 4 is 17.6 Å². The Kier molecular flexibility index (Phi) is 3.34. The van der Waals surface area contributed by atoms with Gasteiger partial charge in [0.1, 0.15) is 0 Å². The summed E-state index contributed by atoms with van der Waals surface area (Å²) in [5.41, 5.74) is 2.31. The number of amides is 2. The van der Waals surface area contributed by atoms with Crippen LogP contribution in [-0.2, 0) is 6.54 Å². The molecule has 0 aromatic heterocycles. The van der Waals surface area contributed by atoms with Crippen molar-refractivity contribution in [3.63, 3.8) is 0 Å². The number of benzene rings is 1. The van der Waals surface area contributed by atoms with Crippen LogP contribution >= 0.6 is 11.6 Å². The van der Waals surface area contributed by atoms with Gasteiger partial charge >= 0.3 is 6.03 Å². The van der Waals surface area contributed by atoms with E-state index < -0.39 is 0 Å². The Morgan fingerprint density at radius 3 is 2.88 bits per heavy atom. The molecule has 2 N–H and O–H groups in total. The molecule has 1 fully saturated rings. The molecule has 0 aliphatic heterocycles. The molecule has 16 heavy (non-hydrogen) atoms. The Labute approximate surface area is 100 Å². The maximum absolute atomic E-state index is 11.0. The van der Waals surface area contributed by atoms with E-state index in [1.54, 1.807) is 7.05 Å². The molecule has 1 saturated carbocycles. The van der Waals surface area contributed by atoms with Gasteiger partial charge in [0.05, 0.1) is 0 Å². The molecule has 1 aliphatic rings. The molecule has 0 spiro atoms. The van der Waals surface area contributed by atoms with Crippen LogP contribution in [0.2, 0.25) is 5.02 Å². The molecule has 0 unspecified atom stereocenters. The Morgan fingerprint density at radius 2 is 2.25 bits per heavy atom. The summed E-state index contributed by atoms with van der Waals surface area (Å²) >= 11 is 6.12. The molecule has 1 aromatic carbocycles. The van der Waals surface area contributed by atoms with E-state index in [1.165, 1.54) is 18.4 Å². The predicted octanol–water partition coefficient (Wildman–Crippen LogP) is 2.65. The molecule has 0 saturated heterocycles. The maximum atomic E-state index is 11.0. The minimum Gasteiger partial charge on any atom is -0.341 e. The lowest BCUT2D eigenvalue weighted by Gasteiger charge is -2.08. The number of halogens is 1. The summed E-state index contributed by atoms with van der Waals surface area (Å²) in [5.74, 6) is 0.632. The lowest BCUT2D eigenvalue weighted by molar-refractivity contribution is 0.242. The van der Waals surface area contributed by atoms with Gasteiger partial charge in [-0.2, -0.15) is 0 Å². The third kappa shape index (κ3) is 2.67. The van der Waals surface area contributed by atoms with E-state index in [-0.39, 0.29) is 6.03 Å². The molecule has 4 heteroatoms. The van der Waals surface area contributed by atoms with Gasteiger partial charge in [-0.1, -0.05) is 23.7 Å². The molecule has 0 radical (unpaired) electrons. The molecular weight excluding hydrogens is 224 g/mol. The van der Waals surface area contributed by atoms with Crippen molar-refractivity contribution in [2.75, 3.05) is 7.05 Å². The Hall–Kier alpha value is -1.22. The highest BCUT2D eigenvalue weighted by Crippen LogP contribution is 2.43. The number of hydrogen-bond donors (Lipinski definition) is 2. The van der Waals surface area contributed by atoms with Crippen LogP contribution in [0.4, 0.5) is 4.79 Å². The zero-order valence-corrected chi connectivity index (χ0v) is 9.97. The normalized spacial score (nSPS) is 14.6. The highest BCUT2D eigenvalue weighted by atomic mass is 35.5. The number of nitrogens with one attached hydrogen (secondary N) is 2. The molecule has 2 rings (SSSR count). The SMILES string of the molecule is CNC(=O)NCc1ccc(Cl)c(C2CC2)c1. The van der Waals surface area contributed by atoms with Gasteiger partial charge in [0, 0.05) is 18.6 Å². The number of carbonyl (C=O) groups excluding carboxylic acids is 1. The van der Waals surface area contributed by atoms with Crippen molar-refractivity contribution in [3.8, 4) is 0 Å². The Bertz CT molecular complexity index is 402. The van der Waals surface area contributed by atoms with Gasteiger partial charge in [-0.05, 0) is 36.0 Å². The van der Waals surface area contributed by atoms with Crippen LogP contribution < -0.4 is 10.6 Å². The molecule has 1 aromatic rings. The summed E-state index contributed by atoms with van der Waals surface area (Å²) in [7, 11) is 1.60. The average Bonchev–Trinajstić information content (AvgIpc) is 3.11. The summed E-state index contributed by atoms with van der Waals surface area (Å²) in [5, 5.41) is 6.12. The summed E-state index contributed by atoms with van der Waals surface area (Å²) < 4.78 is 0. The monoisotopic (exact) mass is 238 g/mol. The van der Waals surface area contributed by atoms with E-state index in [0.29, 0.717) is 12.5 Å². The topological polar surface area (TPSA) is 41.1 Å². The fraction of sp³-hybridized carbons (Fsp3) is 0.417. The third-order valence-electron chi connectivity index (χ3n) is 2.76. The van der Waals surface area contributed by atoms with E-state index in [1.807, 2.05) is 12.1 Å². The first-order valence-electron chi connectivity index (χ1n) is 5.44. The Morgan fingerprint density at radius 1 is 1.50 bits per heavy atom. The lowest BCUT2D eigenvalue weighted by atomic mass is 10.1. The predicted molar refractivity (Wildman–Crippen MR) is 64.7 cm³/mol. The smallest absolute Gasteiger partial charge is 0.314 e. The molecule has 1 aliphatic carbocycles. The highest BCUT2D eigenvalue weighted by molar-refractivity contribution is 6.31. The van der Waals surface area contributed by atoms with Crippen LogP contribution in [0, 0.1) is 0 Å². The average molecular weight is 239 g/mol. The summed E-state index contributed by atoms with van der Waals surface area (Å²) in [4.78, 5) is 11.0. The van der Waals surface area contributed by atoms with Gasteiger partial charge in [-0.15, -0.1) is 0 Å². The molecular formula is C12H15ClN2O. The third-order valence-corrected chi connectivity index (χ3v) is 3.10. The molecule has 0 heterocycles. The van der Waals surface area contributed by atoms with Gasteiger partial charge in [-0.3, -0.25) is 0 Å². The molecule has 2 amide bonds. The molecule has 0 atom stereocenters. The van der Waals surface area contributed by atoms with Crippen molar-refractivity contribution in [2.24, 2.45) is 0 Å². The van der Waals surface area contributed by atoms with Gasteiger partial charge in [-0.25, -0.2) is 4.79 Å². The van der Waals surface area contributed by atoms with Crippen molar-refractivity contribution in [3.05, 3.63) is 34.3 Å². The van der Waals surface area contributed by atoms with Crippen LogP contribution in [0.25, 0.3) is 0 Å². The van der Waals surface area contributed by atoms with Crippen molar-refractivity contribution in [1.82, 2.24) is 10.6 Å². The first-order chi connectivity index (χ1) is 7.70. The van der Waals surface area contributed by atoms with Crippen molar-refractivity contribution < 1.29 is 4.79 Å². The number of rotatable bonds is 3. The van der Waals surface area contributed by atoms with E-state index in [2.05, 4.69) is 16.7 Å². The number of hydrogen-bond acceptors (Lipinski definition) is 1. The van der Waals surface area contributed by atoms with Crippen LogP contribution in [0.5, 0.6) is 0 Å². The second-order valence-electron chi connectivity index (χ2n) is 4.06. The molecule has 3 nitrogen and oxygen atoms in total. The highest BCUT2D eigenvalue weighted by Gasteiger charge is 2.25. The minimum atomic E-state index is -0.164. The van der Waals surface area contributed by atoms with Crippen molar-refractivity contribution in [1.29, 1.82) is 0 Å². The number of carbonyl (C=O) groups is 1. The summed E-state index contributed by atoms with van der Waals surface area (Å²) in [6.45, 7) is 0.538. The lowest BCUT2D eigenvalue weighted by Crippen LogP contribution is -2.32.